The van der Waals surface area contributed by atoms with Crippen LogP contribution in [0.15, 0.2) is 42.5 Å². The van der Waals surface area contributed by atoms with Crippen molar-refractivity contribution in [1.82, 2.24) is 4.98 Å². The molecule has 0 aliphatic rings. The third-order valence-electron chi connectivity index (χ3n) is 2.94. The topological polar surface area (TPSA) is 38.9 Å². The molecule has 0 amide bonds. The predicted molar refractivity (Wildman–Crippen MR) is 74.5 cm³/mol. The molecule has 102 valence electrons. The van der Waals surface area contributed by atoms with E-state index in [0.717, 1.165) is 17.4 Å². The van der Waals surface area contributed by atoms with Crippen LogP contribution in [0.1, 0.15) is 5.56 Å². The molecule has 0 saturated heterocycles. The van der Waals surface area contributed by atoms with Crippen molar-refractivity contribution >= 4 is 26.7 Å². The second-order valence-corrected chi connectivity index (χ2v) is 5.28. The highest BCUT2D eigenvalue weighted by Gasteiger charge is 2.35. The fourth-order valence-corrected chi connectivity index (χ4v) is 3.04. The first-order valence-corrected chi connectivity index (χ1v) is 6.60. The van der Waals surface area contributed by atoms with Crippen LogP contribution in [-0.4, -0.2) is 4.98 Å². The van der Waals surface area contributed by atoms with Crippen molar-refractivity contribution in [1.29, 1.82) is 0 Å². The van der Waals surface area contributed by atoms with E-state index in [1.54, 1.807) is 30.3 Å². The standard InChI is InChI=1S/C14H9F3N2S/c15-14(16,17)9-6-7-10-12(20-13(18)19-10)11(9)8-4-2-1-3-5-8/h1-7H,(H2,18,19). The Balaban J connectivity index is 2.41. The van der Waals surface area contributed by atoms with Crippen molar-refractivity contribution in [2.75, 3.05) is 5.73 Å². The summed E-state index contributed by atoms with van der Waals surface area (Å²) < 4.78 is 40.1. The van der Waals surface area contributed by atoms with Gasteiger partial charge in [0.05, 0.1) is 15.8 Å². The van der Waals surface area contributed by atoms with Gasteiger partial charge in [-0.05, 0) is 17.7 Å². The molecule has 0 aliphatic heterocycles. The molecule has 2 N–H and O–H groups in total. The largest absolute Gasteiger partial charge is 0.417 e. The van der Waals surface area contributed by atoms with Crippen LogP contribution in [0.5, 0.6) is 0 Å². The molecule has 0 unspecified atom stereocenters. The summed E-state index contributed by atoms with van der Waals surface area (Å²) in [6, 6.07) is 10.9. The van der Waals surface area contributed by atoms with Crippen LogP contribution in [0.4, 0.5) is 18.3 Å². The lowest BCUT2D eigenvalue weighted by atomic mass is 9.99. The second-order valence-electron chi connectivity index (χ2n) is 4.25. The molecule has 20 heavy (non-hydrogen) atoms. The van der Waals surface area contributed by atoms with Gasteiger partial charge in [-0.25, -0.2) is 4.98 Å². The Morgan fingerprint density at radius 1 is 1.00 bits per heavy atom. The van der Waals surface area contributed by atoms with Gasteiger partial charge in [0.25, 0.3) is 0 Å². The van der Waals surface area contributed by atoms with Crippen molar-refractivity contribution in [3.8, 4) is 11.1 Å². The molecule has 0 bridgehead atoms. The first-order chi connectivity index (χ1) is 9.47. The van der Waals surface area contributed by atoms with Crippen LogP contribution in [0, 0.1) is 0 Å². The Bertz CT molecular complexity index is 763. The number of thiazole rings is 1. The monoisotopic (exact) mass is 294 g/mol. The summed E-state index contributed by atoms with van der Waals surface area (Å²) in [4.78, 5) is 4.05. The average molecular weight is 294 g/mol. The minimum Gasteiger partial charge on any atom is -0.375 e. The van der Waals surface area contributed by atoms with Crippen molar-refractivity contribution in [3.63, 3.8) is 0 Å². The lowest BCUT2D eigenvalue weighted by molar-refractivity contribution is -0.137. The number of nitrogens with two attached hydrogens (primary N) is 1. The van der Waals surface area contributed by atoms with E-state index in [2.05, 4.69) is 4.98 Å². The van der Waals surface area contributed by atoms with Crippen LogP contribution >= 0.6 is 11.3 Å². The number of nitrogen functional groups attached to an aromatic ring is 1. The highest BCUT2D eigenvalue weighted by atomic mass is 32.1. The molecular weight excluding hydrogens is 285 g/mol. The summed E-state index contributed by atoms with van der Waals surface area (Å²) in [7, 11) is 0. The average Bonchev–Trinajstić information content (AvgIpc) is 2.77. The summed E-state index contributed by atoms with van der Waals surface area (Å²) in [5.74, 6) is 0. The molecule has 2 nitrogen and oxygen atoms in total. The summed E-state index contributed by atoms with van der Waals surface area (Å²) in [5, 5.41) is 0.261. The summed E-state index contributed by atoms with van der Waals surface area (Å²) in [6.07, 6.45) is -4.42. The van der Waals surface area contributed by atoms with Crippen LogP contribution in [0.25, 0.3) is 21.3 Å². The van der Waals surface area contributed by atoms with Gasteiger partial charge in [-0.2, -0.15) is 13.2 Å². The van der Waals surface area contributed by atoms with E-state index in [-0.39, 0.29) is 10.7 Å². The highest BCUT2D eigenvalue weighted by molar-refractivity contribution is 7.22. The number of nitrogens with zero attached hydrogens (tertiary/aromatic N) is 1. The number of rotatable bonds is 1. The third-order valence-corrected chi connectivity index (χ3v) is 3.86. The maximum atomic E-state index is 13.2. The van der Waals surface area contributed by atoms with E-state index in [9.17, 15) is 13.2 Å². The Kier molecular flexibility index (Phi) is 2.90. The number of anilines is 1. The van der Waals surface area contributed by atoms with E-state index in [1.165, 1.54) is 6.07 Å². The number of alkyl halides is 3. The number of halogens is 3. The zero-order valence-corrected chi connectivity index (χ0v) is 10.9. The number of benzene rings is 2. The van der Waals surface area contributed by atoms with E-state index >= 15 is 0 Å². The minimum atomic E-state index is -4.42. The van der Waals surface area contributed by atoms with Gasteiger partial charge in [0.1, 0.15) is 0 Å². The Labute approximate surface area is 116 Å². The number of fused-ring (bicyclic) bond motifs is 1. The van der Waals surface area contributed by atoms with Crippen molar-refractivity contribution < 1.29 is 13.2 Å². The molecule has 3 rings (SSSR count). The maximum Gasteiger partial charge on any atom is 0.417 e. The molecule has 0 fully saturated rings. The van der Waals surface area contributed by atoms with Gasteiger partial charge in [0, 0.05) is 5.56 Å². The van der Waals surface area contributed by atoms with Gasteiger partial charge < -0.3 is 5.73 Å². The number of aromatic nitrogens is 1. The van der Waals surface area contributed by atoms with Gasteiger partial charge >= 0.3 is 6.18 Å². The van der Waals surface area contributed by atoms with E-state index in [0.29, 0.717) is 15.8 Å². The van der Waals surface area contributed by atoms with Crippen LogP contribution in [-0.2, 0) is 6.18 Å². The zero-order valence-electron chi connectivity index (χ0n) is 10.1. The number of hydrogen-bond acceptors (Lipinski definition) is 3. The molecule has 0 radical (unpaired) electrons. The Morgan fingerprint density at radius 2 is 1.70 bits per heavy atom. The molecule has 1 heterocycles. The molecule has 0 atom stereocenters. The van der Waals surface area contributed by atoms with Crippen molar-refractivity contribution in [2.45, 2.75) is 6.18 Å². The molecule has 0 saturated carbocycles. The maximum absolute atomic E-state index is 13.2. The summed E-state index contributed by atoms with van der Waals surface area (Å²) in [5.41, 5.74) is 6.09. The van der Waals surface area contributed by atoms with E-state index in [4.69, 9.17) is 5.73 Å². The lowest BCUT2D eigenvalue weighted by Gasteiger charge is -2.13. The molecular formula is C14H9F3N2S. The first-order valence-electron chi connectivity index (χ1n) is 5.78. The number of hydrogen-bond donors (Lipinski definition) is 1. The Morgan fingerprint density at radius 3 is 2.35 bits per heavy atom. The van der Waals surface area contributed by atoms with Crippen LogP contribution < -0.4 is 5.73 Å². The van der Waals surface area contributed by atoms with Gasteiger partial charge in [-0.15, -0.1) is 0 Å². The quantitative estimate of drug-likeness (QED) is 0.714. The predicted octanol–water partition coefficient (Wildman–Crippen LogP) is 4.56. The summed E-state index contributed by atoms with van der Waals surface area (Å²) >= 11 is 1.07. The molecule has 3 aromatic rings. The Hall–Kier alpha value is -2.08. The third kappa shape index (κ3) is 2.12. The van der Waals surface area contributed by atoms with E-state index < -0.39 is 11.7 Å². The fourth-order valence-electron chi connectivity index (χ4n) is 2.14. The first kappa shape index (κ1) is 12.9. The van der Waals surface area contributed by atoms with Crippen LogP contribution in [0.2, 0.25) is 0 Å². The second kappa shape index (κ2) is 4.49. The van der Waals surface area contributed by atoms with Gasteiger partial charge in [-0.1, -0.05) is 41.7 Å². The van der Waals surface area contributed by atoms with Crippen molar-refractivity contribution in [3.05, 3.63) is 48.0 Å². The SMILES string of the molecule is Nc1nc2ccc(C(F)(F)F)c(-c3ccccc3)c2s1. The lowest BCUT2D eigenvalue weighted by Crippen LogP contribution is -2.07. The summed E-state index contributed by atoms with van der Waals surface area (Å²) in [6.45, 7) is 0. The molecule has 1 aromatic heterocycles. The van der Waals surface area contributed by atoms with Crippen molar-refractivity contribution in [2.24, 2.45) is 0 Å². The van der Waals surface area contributed by atoms with E-state index in [1.807, 2.05) is 0 Å². The minimum absolute atomic E-state index is 0.143. The van der Waals surface area contributed by atoms with Crippen LogP contribution in [0.3, 0.4) is 0 Å². The van der Waals surface area contributed by atoms with Gasteiger partial charge in [0.15, 0.2) is 5.13 Å². The molecule has 6 heteroatoms. The highest BCUT2D eigenvalue weighted by Crippen LogP contribution is 2.43. The molecule has 2 aromatic carbocycles. The fraction of sp³-hybridized carbons (Fsp3) is 0.0714. The molecule has 0 aliphatic carbocycles. The van der Waals surface area contributed by atoms with Gasteiger partial charge in [-0.3, -0.25) is 0 Å². The normalized spacial score (nSPS) is 11.9. The zero-order chi connectivity index (χ0) is 14.3. The molecule has 0 spiro atoms. The smallest absolute Gasteiger partial charge is 0.375 e. The van der Waals surface area contributed by atoms with Gasteiger partial charge in [0.2, 0.25) is 0 Å².